The molecule has 1 amide bonds. The van der Waals surface area contributed by atoms with E-state index in [2.05, 4.69) is 37.6 Å². The smallest absolute Gasteiger partial charge is 0.250 e. The van der Waals surface area contributed by atoms with Gasteiger partial charge in [0.25, 0.3) is 5.91 Å². The van der Waals surface area contributed by atoms with Gasteiger partial charge in [0, 0.05) is 55.3 Å². The third kappa shape index (κ3) is 3.74. The molecule has 4 aromatic rings. The lowest BCUT2D eigenvalue weighted by atomic mass is 10.1. The quantitative estimate of drug-likeness (QED) is 0.449. The number of amides is 1. The topological polar surface area (TPSA) is 101 Å². The van der Waals surface area contributed by atoms with Gasteiger partial charge in [0.2, 0.25) is 5.95 Å². The minimum atomic E-state index is -0.698. The predicted molar refractivity (Wildman–Crippen MR) is 122 cm³/mol. The molecule has 0 unspecified atom stereocenters. The molecule has 5 rings (SSSR count). The molecule has 8 nitrogen and oxygen atoms in total. The van der Waals surface area contributed by atoms with Crippen LogP contribution in [0.2, 0.25) is 0 Å². The van der Waals surface area contributed by atoms with Gasteiger partial charge in [-0.15, -0.1) is 0 Å². The number of piperazine rings is 1. The van der Waals surface area contributed by atoms with E-state index in [0.29, 0.717) is 17.3 Å². The first-order valence-electron chi connectivity index (χ1n) is 10.4. The van der Waals surface area contributed by atoms with Gasteiger partial charge in [-0.3, -0.25) is 4.79 Å². The maximum absolute atomic E-state index is 14.4. The number of aromatic nitrogens is 3. The van der Waals surface area contributed by atoms with Crippen molar-refractivity contribution in [1.29, 1.82) is 0 Å². The lowest BCUT2D eigenvalue weighted by Gasteiger charge is -2.29. The monoisotopic (exact) mass is 431 g/mol. The first-order valence-corrected chi connectivity index (χ1v) is 10.4. The van der Waals surface area contributed by atoms with Crippen LogP contribution < -0.4 is 21.3 Å². The largest absolute Gasteiger partial charge is 0.369 e. The lowest BCUT2D eigenvalue weighted by Crippen LogP contribution is -2.43. The molecular formula is C23H22FN7O. The number of carbonyl (C=O) groups excluding carboxylic acids is 1. The second-order valence-corrected chi connectivity index (χ2v) is 7.56. The summed E-state index contributed by atoms with van der Waals surface area (Å²) in [4.78, 5) is 23.0. The second-order valence-electron chi connectivity index (χ2n) is 7.56. The van der Waals surface area contributed by atoms with Crippen LogP contribution >= 0.6 is 0 Å². The third-order valence-electron chi connectivity index (χ3n) is 5.54. The average Bonchev–Trinajstić information content (AvgIpc) is 3.22. The predicted octanol–water partition coefficient (Wildman–Crippen LogP) is 2.81. The minimum absolute atomic E-state index is 0.106. The molecule has 1 fully saturated rings. The highest BCUT2D eigenvalue weighted by atomic mass is 19.1. The maximum atomic E-state index is 14.4. The lowest BCUT2D eigenvalue weighted by molar-refractivity contribution is 0.100. The van der Waals surface area contributed by atoms with E-state index in [1.165, 1.54) is 18.0 Å². The maximum Gasteiger partial charge on any atom is 0.250 e. The van der Waals surface area contributed by atoms with Crippen LogP contribution in [0.25, 0.3) is 16.7 Å². The Labute approximate surface area is 183 Å². The molecule has 0 bridgehead atoms. The van der Waals surface area contributed by atoms with E-state index in [-0.39, 0.29) is 10.9 Å². The molecule has 4 N–H and O–H groups in total. The van der Waals surface area contributed by atoms with Gasteiger partial charge in [-0.2, -0.15) is 4.98 Å². The van der Waals surface area contributed by atoms with Crippen molar-refractivity contribution in [3.8, 4) is 5.82 Å². The number of hydrogen-bond donors (Lipinski definition) is 3. The Kier molecular flexibility index (Phi) is 5.16. The highest BCUT2D eigenvalue weighted by molar-refractivity contribution is 6.06. The van der Waals surface area contributed by atoms with Crippen molar-refractivity contribution in [3.63, 3.8) is 0 Å². The summed E-state index contributed by atoms with van der Waals surface area (Å²) in [5, 5.41) is 6.73. The van der Waals surface area contributed by atoms with Gasteiger partial charge in [0.1, 0.15) is 11.6 Å². The molecule has 0 radical (unpaired) electrons. The summed E-state index contributed by atoms with van der Waals surface area (Å²) < 4.78 is 16.0. The number of benzene rings is 2. The Morgan fingerprint density at radius 3 is 2.62 bits per heavy atom. The molecule has 0 aliphatic carbocycles. The number of nitrogens with one attached hydrogen (secondary N) is 2. The number of halogens is 1. The van der Waals surface area contributed by atoms with Crippen molar-refractivity contribution >= 4 is 34.1 Å². The van der Waals surface area contributed by atoms with Crippen LogP contribution in [0.15, 0.2) is 60.9 Å². The molecule has 1 aliphatic rings. The molecule has 32 heavy (non-hydrogen) atoms. The Bertz CT molecular complexity index is 1280. The summed E-state index contributed by atoms with van der Waals surface area (Å²) in [5.41, 5.74) is 8.10. The summed E-state index contributed by atoms with van der Waals surface area (Å²) in [6, 6.07) is 14.4. The second kappa shape index (κ2) is 8.27. The summed E-state index contributed by atoms with van der Waals surface area (Å²) >= 11 is 0. The Balaban J connectivity index is 1.43. The zero-order valence-corrected chi connectivity index (χ0v) is 17.3. The van der Waals surface area contributed by atoms with E-state index < -0.39 is 11.7 Å². The first kappa shape index (κ1) is 20.0. The van der Waals surface area contributed by atoms with Gasteiger partial charge in [-0.05, 0) is 42.5 Å². The van der Waals surface area contributed by atoms with Crippen molar-refractivity contribution in [1.82, 2.24) is 19.9 Å². The van der Waals surface area contributed by atoms with Gasteiger partial charge in [0.15, 0.2) is 0 Å². The Morgan fingerprint density at radius 1 is 1.09 bits per heavy atom. The third-order valence-corrected chi connectivity index (χ3v) is 5.54. The van der Waals surface area contributed by atoms with Gasteiger partial charge >= 0.3 is 0 Å². The Morgan fingerprint density at radius 2 is 1.88 bits per heavy atom. The molecule has 0 spiro atoms. The first-order chi connectivity index (χ1) is 15.6. The van der Waals surface area contributed by atoms with E-state index >= 15 is 0 Å². The van der Waals surface area contributed by atoms with Gasteiger partial charge < -0.3 is 25.8 Å². The Hall–Kier alpha value is -3.98. The van der Waals surface area contributed by atoms with Gasteiger partial charge in [-0.1, -0.05) is 6.07 Å². The number of nitrogens with two attached hydrogens (primary N) is 1. The zero-order valence-electron chi connectivity index (χ0n) is 17.3. The molecule has 0 atom stereocenters. The van der Waals surface area contributed by atoms with Gasteiger partial charge in [-0.25, -0.2) is 9.37 Å². The van der Waals surface area contributed by atoms with Crippen molar-refractivity contribution in [2.24, 2.45) is 5.73 Å². The summed E-state index contributed by atoms with van der Waals surface area (Å²) in [6.07, 6.45) is 3.11. The molecule has 2 aromatic carbocycles. The van der Waals surface area contributed by atoms with E-state index in [9.17, 15) is 9.18 Å². The van der Waals surface area contributed by atoms with Crippen molar-refractivity contribution in [2.45, 2.75) is 0 Å². The van der Waals surface area contributed by atoms with Crippen molar-refractivity contribution in [3.05, 3.63) is 72.3 Å². The van der Waals surface area contributed by atoms with Crippen molar-refractivity contribution in [2.75, 3.05) is 36.4 Å². The molecule has 3 heterocycles. The van der Waals surface area contributed by atoms with E-state index in [1.54, 1.807) is 29.0 Å². The number of anilines is 3. The SMILES string of the molecule is NC(=O)c1cn(-c2ccnc(Nc3ccc(N4CCNCC4)cc3)n2)c2cccc(F)c12. The van der Waals surface area contributed by atoms with Crippen LogP contribution in [0, 0.1) is 5.82 Å². The molecule has 0 saturated carbocycles. The van der Waals surface area contributed by atoms with Crippen LogP contribution in [0.5, 0.6) is 0 Å². The number of carbonyl (C=O) groups is 1. The standard InChI is InChI=1S/C23H22FN7O/c24-18-2-1-3-19-21(18)17(22(25)32)14-31(19)20-8-9-27-23(29-20)28-15-4-6-16(7-5-15)30-12-10-26-11-13-30/h1-9,14,26H,10-13H2,(H2,25,32)(H,27,28,29). The van der Waals surface area contributed by atoms with Crippen LogP contribution in [0.4, 0.5) is 21.7 Å². The fourth-order valence-electron chi connectivity index (χ4n) is 3.97. The highest BCUT2D eigenvalue weighted by Crippen LogP contribution is 2.27. The zero-order chi connectivity index (χ0) is 22.1. The molecule has 1 aliphatic heterocycles. The van der Waals surface area contributed by atoms with Gasteiger partial charge in [0.05, 0.1) is 11.1 Å². The van der Waals surface area contributed by atoms with Crippen LogP contribution in [-0.2, 0) is 0 Å². The fourth-order valence-corrected chi connectivity index (χ4v) is 3.97. The highest BCUT2D eigenvalue weighted by Gasteiger charge is 2.18. The fraction of sp³-hybridized carbons (Fsp3) is 0.174. The average molecular weight is 431 g/mol. The number of hydrogen-bond acceptors (Lipinski definition) is 6. The molecule has 2 aromatic heterocycles. The van der Waals surface area contributed by atoms with Crippen LogP contribution in [0.1, 0.15) is 10.4 Å². The van der Waals surface area contributed by atoms with Crippen molar-refractivity contribution < 1.29 is 9.18 Å². The molecule has 162 valence electrons. The summed E-state index contributed by atoms with van der Waals surface area (Å²) in [7, 11) is 0. The number of nitrogens with zero attached hydrogens (tertiary/aromatic N) is 4. The minimum Gasteiger partial charge on any atom is -0.369 e. The van der Waals surface area contributed by atoms with E-state index in [4.69, 9.17) is 5.73 Å². The number of fused-ring (bicyclic) bond motifs is 1. The van der Waals surface area contributed by atoms with Crippen LogP contribution in [0.3, 0.4) is 0 Å². The summed E-state index contributed by atoms with van der Waals surface area (Å²) in [5.74, 6) is -0.331. The number of primary amides is 1. The number of rotatable bonds is 5. The molecular weight excluding hydrogens is 409 g/mol. The summed E-state index contributed by atoms with van der Waals surface area (Å²) in [6.45, 7) is 3.93. The van der Waals surface area contributed by atoms with E-state index in [0.717, 1.165) is 31.9 Å². The normalized spacial score (nSPS) is 14.0. The molecule has 9 heteroatoms. The molecule has 1 saturated heterocycles. The van der Waals surface area contributed by atoms with Crippen LogP contribution in [-0.4, -0.2) is 46.6 Å². The van der Waals surface area contributed by atoms with E-state index in [1.807, 2.05) is 12.1 Å².